The summed E-state index contributed by atoms with van der Waals surface area (Å²) in [4.78, 5) is 25.8. The maximum Gasteiger partial charge on any atom is 0.342 e. The summed E-state index contributed by atoms with van der Waals surface area (Å²) < 4.78 is 38.0. The lowest BCUT2D eigenvalue weighted by Crippen LogP contribution is -2.52. The van der Waals surface area contributed by atoms with Gasteiger partial charge in [-0.3, -0.25) is 13.9 Å². The van der Waals surface area contributed by atoms with Crippen molar-refractivity contribution in [3.8, 4) is 5.88 Å². The molecule has 2 aromatic rings. The van der Waals surface area contributed by atoms with Crippen LogP contribution in [0.25, 0.3) is 11.2 Å². The van der Waals surface area contributed by atoms with E-state index in [9.17, 15) is 19.6 Å². The van der Waals surface area contributed by atoms with E-state index in [4.69, 9.17) is 18.7 Å². The number of aliphatic hydroxyl groups is 2. The highest BCUT2D eigenvalue weighted by Gasteiger charge is 2.55. The van der Waals surface area contributed by atoms with Gasteiger partial charge in [-0.05, 0) is 47.5 Å². The van der Waals surface area contributed by atoms with Crippen LogP contribution >= 0.6 is 7.67 Å². The van der Waals surface area contributed by atoms with Crippen molar-refractivity contribution in [1.29, 1.82) is 0 Å². The fraction of sp³-hybridized carbons (Fsp3) is 0.750. The van der Waals surface area contributed by atoms with Crippen molar-refractivity contribution in [3.05, 3.63) is 12.2 Å². The standard InChI is InChI=1S/C24H39N6O8P/c1-7-36-22(32)24(10-8-9-11-24)29-39(34,28-14(2)3)37-12-16-18(31)23(5,33)21(38-16)30-13-25-17-19(30)26-15(4)27-20(17)35-6/h13-14,16,18,21,31,33H,7-12H2,1-6H3,(H2,28,29,34)/t16-,18?,21-,23+,39?/m1/s1. The van der Waals surface area contributed by atoms with Crippen molar-refractivity contribution < 1.29 is 38.3 Å². The number of methoxy groups -OCH3 is 1. The lowest BCUT2D eigenvalue weighted by atomic mass is 9.96. The predicted octanol–water partition coefficient (Wildman–Crippen LogP) is 1.74. The van der Waals surface area contributed by atoms with Gasteiger partial charge in [-0.25, -0.2) is 20.1 Å². The Labute approximate surface area is 227 Å². The molecular formula is C24H39N6O8P. The number of imidazole rings is 1. The average molecular weight is 571 g/mol. The second kappa shape index (κ2) is 11.4. The zero-order valence-corrected chi connectivity index (χ0v) is 24.1. The molecule has 0 aromatic carbocycles. The summed E-state index contributed by atoms with van der Waals surface area (Å²) in [6, 6.07) is -0.260. The van der Waals surface area contributed by atoms with Crippen LogP contribution in [-0.4, -0.2) is 85.4 Å². The third kappa shape index (κ3) is 5.83. The Morgan fingerprint density at radius 1 is 1.33 bits per heavy atom. The number of ether oxygens (including phenoxy) is 3. The molecule has 39 heavy (non-hydrogen) atoms. The number of nitrogens with one attached hydrogen (secondary N) is 2. The van der Waals surface area contributed by atoms with Crippen LogP contribution in [0.1, 0.15) is 65.4 Å². The van der Waals surface area contributed by atoms with E-state index in [-0.39, 0.29) is 25.1 Å². The van der Waals surface area contributed by atoms with Gasteiger partial charge in [-0.2, -0.15) is 4.98 Å². The maximum absolute atomic E-state index is 14.0. The third-order valence-corrected chi connectivity index (χ3v) is 9.13. The molecule has 5 atom stereocenters. The Morgan fingerprint density at radius 2 is 2.03 bits per heavy atom. The van der Waals surface area contributed by atoms with Crippen molar-refractivity contribution in [1.82, 2.24) is 29.7 Å². The molecule has 4 rings (SSSR count). The highest BCUT2D eigenvalue weighted by Crippen LogP contribution is 2.47. The molecule has 2 unspecified atom stereocenters. The van der Waals surface area contributed by atoms with Crippen molar-refractivity contribution in [2.24, 2.45) is 0 Å². The average Bonchev–Trinajstić information content (AvgIpc) is 3.55. The Morgan fingerprint density at radius 3 is 2.64 bits per heavy atom. The molecule has 2 aliphatic rings. The van der Waals surface area contributed by atoms with Crippen LogP contribution in [0, 0.1) is 6.92 Å². The second-order valence-corrected chi connectivity index (χ2v) is 12.4. The minimum Gasteiger partial charge on any atom is -0.479 e. The molecule has 1 aliphatic carbocycles. The molecule has 2 fully saturated rings. The monoisotopic (exact) mass is 570 g/mol. The number of aryl methyl sites for hydroxylation is 1. The number of nitrogens with zero attached hydrogens (tertiary/aromatic N) is 4. The minimum atomic E-state index is -3.85. The smallest absolute Gasteiger partial charge is 0.342 e. The molecule has 15 heteroatoms. The first-order valence-electron chi connectivity index (χ1n) is 13.2. The van der Waals surface area contributed by atoms with Crippen molar-refractivity contribution in [2.75, 3.05) is 20.3 Å². The van der Waals surface area contributed by atoms with Crippen LogP contribution in [0.2, 0.25) is 0 Å². The highest BCUT2D eigenvalue weighted by atomic mass is 31.2. The largest absolute Gasteiger partial charge is 0.479 e. The predicted molar refractivity (Wildman–Crippen MR) is 140 cm³/mol. The first kappa shape index (κ1) is 29.8. The zero-order valence-electron chi connectivity index (χ0n) is 23.2. The molecule has 1 aliphatic heterocycles. The van der Waals surface area contributed by atoms with Crippen LogP contribution in [0.4, 0.5) is 0 Å². The molecule has 0 amide bonds. The molecule has 3 heterocycles. The summed E-state index contributed by atoms with van der Waals surface area (Å²) in [6.07, 6.45) is 0.293. The summed E-state index contributed by atoms with van der Waals surface area (Å²) in [5.41, 5.74) is -2.21. The Balaban J connectivity index is 1.57. The summed E-state index contributed by atoms with van der Waals surface area (Å²) in [6.45, 7) is 8.29. The molecule has 0 bridgehead atoms. The zero-order chi connectivity index (χ0) is 28.6. The third-order valence-electron chi connectivity index (χ3n) is 7.04. The highest BCUT2D eigenvalue weighted by molar-refractivity contribution is 7.54. The van der Waals surface area contributed by atoms with Gasteiger partial charge in [0, 0.05) is 6.04 Å². The molecular weight excluding hydrogens is 531 g/mol. The van der Waals surface area contributed by atoms with E-state index in [0.29, 0.717) is 29.8 Å². The van der Waals surface area contributed by atoms with Crippen molar-refractivity contribution in [2.45, 2.75) is 95.9 Å². The number of hydrogen-bond acceptors (Lipinski definition) is 11. The molecule has 1 saturated heterocycles. The quantitative estimate of drug-likeness (QED) is 0.227. The lowest BCUT2D eigenvalue weighted by Gasteiger charge is -2.34. The summed E-state index contributed by atoms with van der Waals surface area (Å²) in [7, 11) is -2.39. The molecule has 4 N–H and O–H groups in total. The van der Waals surface area contributed by atoms with E-state index in [0.717, 1.165) is 12.8 Å². The maximum atomic E-state index is 14.0. The topological polar surface area (TPSA) is 179 Å². The van der Waals surface area contributed by atoms with Gasteiger partial charge < -0.3 is 28.9 Å². The molecule has 1 saturated carbocycles. The van der Waals surface area contributed by atoms with Gasteiger partial charge in [0.25, 0.3) is 0 Å². The van der Waals surface area contributed by atoms with Crippen LogP contribution in [0.15, 0.2) is 6.33 Å². The van der Waals surface area contributed by atoms with Crippen LogP contribution in [0.5, 0.6) is 5.88 Å². The van der Waals surface area contributed by atoms with Gasteiger partial charge in [0.05, 0.1) is 26.7 Å². The van der Waals surface area contributed by atoms with Crippen molar-refractivity contribution >= 4 is 24.8 Å². The lowest BCUT2D eigenvalue weighted by molar-refractivity contribution is -0.150. The van der Waals surface area contributed by atoms with Gasteiger partial charge in [-0.15, -0.1) is 0 Å². The van der Waals surface area contributed by atoms with E-state index < -0.39 is 43.2 Å². The first-order valence-corrected chi connectivity index (χ1v) is 14.8. The van der Waals surface area contributed by atoms with Crippen LogP contribution in [0.3, 0.4) is 0 Å². The summed E-state index contributed by atoms with van der Waals surface area (Å²) in [5.74, 6) is 0.216. The Bertz CT molecular complexity index is 1230. The van der Waals surface area contributed by atoms with E-state index in [1.54, 1.807) is 27.7 Å². The summed E-state index contributed by atoms with van der Waals surface area (Å²) in [5, 5.41) is 28.2. The number of aromatic nitrogens is 4. The van der Waals surface area contributed by atoms with E-state index >= 15 is 0 Å². The number of rotatable bonds is 11. The number of aliphatic hydroxyl groups excluding tert-OH is 1. The van der Waals surface area contributed by atoms with Crippen molar-refractivity contribution in [3.63, 3.8) is 0 Å². The second-order valence-electron chi connectivity index (χ2n) is 10.6. The number of esters is 1. The van der Waals surface area contributed by atoms with Gasteiger partial charge in [0.2, 0.25) is 5.88 Å². The fourth-order valence-corrected chi connectivity index (χ4v) is 7.32. The van der Waals surface area contributed by atoms with E-state index in [2.05, 4.69) is 25.1 Å². The number of carbonyl (C=O) groups excluding carboxylic acids is 1. The summed E-state index contributed by atoms with van der Waals surface area (Å²) >= 11 is 0. The Kier molecular flexibility index (Phi) is 8.67. The fourth-order valence-electron chi connectivity index (χ4n) is 5.20. The molecule has 2 aromatic heterocycles. The van der Waals surface area contributed by atoms with Crippen LogP contribution < -0.4 is 14.9 Å². The SMILES string of the molecule is CCOC(=O)C1(NP(=O)(NC(C)C)OC[C@H]2O[C@@H](n3cnc4c(OC)nc(C)nc43)[C@@](C)(O)C2O)CCCC1. The molecule has 218 valence electrons. The Hall–Kier alpha value is -2.19. The van der Waals surface area contributed by atoms with E-state index in [1.807, 2.05) is 0 Å². The number of hydrogen-bond donors (Lipinski definition) is 4. The van der Waals surface area contributed by atoms with Gasteiger partial charge >= 0.3 is 13.6 Å². The number of fused-ring (bicyclic) bond motifs is 1. The molecule has 0 spiro atoms. The molecule has 14 nitrogen and oxygen atoms in total. The van der Waals surface area contributed by atoms with E-state index in [1.165, 1.54) is 24.9 Å². The van der Waals surface area contributed by atoms with Gasteiger partial charge in [0.15, 0.2) is 17.4 Å². The van der Waals surface area contributed by atoms with Gasteiger partial charge in [-0.1, -0.05) is 12.8 Å². The molecule has 0 radical (unpaired) electrons. The van der Waals surface area contributed by atoms with Gasteiger partial charge in [0.1, 0.15) is 29.2 Å². The first-order chi connectivity index (χ1) is 18.4. The normalized spacial score (nSPS) is 28.2. The minimum absolute atomic E-state index is 0.197. The van der Waals surface area contributed by atoms with Crippen LogP contribution in [-0.2, 0) is 23.4 Å². The number of carbonyl (C=O) groups is 1.